The largest absolute Gasteiger partial charge is 0.424 e. The van der Waals surface area contributed by atoms with Crippen LogP contribution in [0.1, 0.15) is 43.2 Å². The highest BCUT2D eigenvalue weighted by Gasteiger charge is 2.30. The van der Waals surface area contributed by atoms with E-state index in [4.69, 9.17) is 4.42 Å². The first kappa shape index (κ1) is 16.6. The highest BCUT2D eigenvalue weighted by Crippen LogP contribution is 2.26. The molecule has 0 saturated carbocycles. The van der Waals surface area contributed by atoms with Crippen molar-refractivity contribution in [2.75, 3.05) is 18.4 Å². The Balaban J connectivity index is 1.62. The third kappa shape index (κ3) is 3.79. The summed E-state index contributed by atoms with van der Waals surface area (Å²) in [4.78, 5) is 19.0. The molecular weight excluding hydrogens is 306 g/mol. The van der Waals surface area contributed by atoms with Crippen molar-refractivity contribution in [3.63, 3.8) is 0 Å². The smallest absolute Gasteiger partial charge is 0.233 e. The minimum Gasteiger partial charge on any atom is -0.424 e. The Kier molecular flexibility index (Phi) is 4.89. The Morgan fingerprint density at radius 1 is 1.38 bits per heavy atom. The van der Waals surface area contributed by atoms with Crippen LogP contribution >= 0.6 is 0 Å². The predicted molar refractivity (Wildman–Crippen MR) is 89.4 cm³/mol. The highest BCUT2D eigenvalue weighted by molar-refractivity contribution is 5.91. The Hall–Kier alpha value is -2.28. The van der Waals surface area contributed by atoms with Gasteiger partial charge in [-0.25, -0.2) is 4.98 Å². The lowest BCUT2D eigenvalue weighted by atomic mass is 9.96. The number of pyridine rings is 1. The van der Waals surface area contributed by atoms with Gasteiger partial charge in [-0.3, -0.25) is 9.69 Å². The Morgan fingerprint density at radius 2 is 2.21 bits per heavy atom. The van der Waals surface area contributed by atoms with E-state index in [2.05, 4.69) is 25.4 Å². The van der Waals surface area contributed by atoms with Crippen LogP contribution in [0.3, 0.4) is 0 Å². The molecule has 1 aliphatic heterocycles. The fourth-order valence-electron chi connectivity index (χ4n) is 2.98. The van der Waals surface area contributed by atoms with E-state index in [9.17, 15) is 4.79 Å². The summed E-state index contributed by atoms with van der Waals surface area (Å²) >= 11 is 0. The minimum atomic E-state index is -0.0617. The second kappa shape index (κ2) is 7.09. The Bertz CT molecular complexity index is 697. The molecule has 0 spiro atoms. The second-order valence-electron chi connectivity index (χ2n) is 6.38. The molecule has 1 aliphatic rings. The lowest BCUT2D eigenvalue weighted by molar-refractivity contribution is -0.121. The lowest BCUT2D eigenvalue weighted by Gasteiger charge is -2.34. The van der Waals surface area contributed by atoms with Crippen molar-refractivity contribution in [1.82, 2.24) is 20.1 Å². The molecule has 7 heteroatoms. The maximum Gasteiger partial charge on any atom is 0.233 e. The molecule has 3 rings (SSSR count). The number of nitrogens with zero attached hydrogens (tertiary/aromatic N) is 4. The molecule has 24 heavy (non-hydrogen) atoms. The molecule has 3 heterocycles. The molecule has 0 aromatic carbocycles. The zero-order valence-electron chi connectivity index (χ0n) is 14.3. The first-order chi connectivity index (χ1) is 11.5. The van der Waals surface area contributed by atoms with Crippen molar-refractivity contribution in [2.24, 2.45) is 5.92 Å². The summed E-state index contributed by atoms with van der Waals surface area (Å²) in [5.41, 5.74) is 1.07. The number of hydrogen-bond donors (Lipinski definition) is 1. The molecule has 1 fully saturated rings. The van der Waals surface area contributed by atoms with Gasteiger partial charge in [-0.15, -0.1) is 10.2 Å². The van der Waals surface area contributed by atoms with Crippen LogP contribution in [0.4, 0.5) is 5.82 Å². The number of likely N-dealkylation sites (tertiary alicyclic amines) is 1. The minimum absolute atomic E-state index is 0.0132. The van der Waals surface area contributed by atoms with E-state index in [1.807, 2.05) is 26.0 Å². The van der Waals surface area contributed by atoms with E-state index in [1.165, 1.54) is 0 Å². The first-order valence-electron chi connectivity index (χ1n) is 8.30. The third-order valence-corrected chi connectivity index (χ3v) is 4.43. The molecule has 1 amide bonds. The normalized spacial score (nSPS) is 19.9. The van der Waals surface area contributed by atoms with E-state index in [1.54, 1.807) is 13.1 Å². The van der Waals surface area contributed by atoms with Crippen LogP contribution in [-0.4, -0.2) is 39.1 Å². The number of aromatic nitrogens is 3. The molecule has 7 nitrogen and oxygen atoms in total. The topological polar surface area (TPSA) is 84.2 Å². The third-order valence-electron chi connectivity index (χ3n) is 4.43. The fourth-order valence-corrected chi connectivity index (χ4v) is 2.98. The average Bonchev–Trinajstić information content (AvgIpc) is 3.03. The number of carbonyl (C=O) groups is 1. The van der Waals surface area contributed by atoms with Crippen molar-refractivity contribution in [3.8, 4) is 0 Å². The van der Waals surface area contributed by atoms with Crippen LogP contribution < -0.4 is 5.32 Å². The maximum absolute atomic E-state index is 12.5. The van der Waals surface area contributed by atoms with Crippen molar-refractivity contribution >= 4 is 11.7 Å². The van der Waals surface area contributed by atoms with Gasteiger partial charge in [0.1, 0.15) is 5.82 Å². The van der Waals surface area contributed by atoms with Gasteiger partial charge in [-0.05, 0) is 44.9 Å². The standard InChI is InChI=1S/C17H23N5O2/c1-11-6-7-15(18-9-11)19-16(23)14-5-4-8-22(10-14)12(2)17-21-20-13(3)24-17/h6-7,9,12,14H,4-5,8,10H2,1-3H3,(H,18,19,23)/t12-,14+/m1/s1. The molecule has 1 N–H and O–H groups in total. The summed E-state index contributed by atoms with van der Waals surface area (Å²) in [7, 11) is 0. The number of anilines is 1. The molecule has 128 valence electrons. The van der Waals surface area contributed by atoms with Gasteiger partial charge in [0, 0.05) is 19.7 Å². The molecule has 1 saturated heterocycles. The molecule has 2 aromatic rings. The van der Waals surface area contributed by atoms with Gasteiger partial charge in [0.15, 0.2) is 0 Å². The van der Waals surface area contributed by atoms with Crippen LogP contribution in [0.15, 0.2) is 22.7 Å². The number of rotatable bonds is 4. The summed E-state index contributed by atoms with van der Waals surface area (Å²) in [5.74, 6) is 1.73. The lowest BCUT2D eigenvalue weighted by Crippen LogP contribution is -2.42. The number of piperidine rings is 1. The average molecular weight is 329 g/mol. The summed E-state index contributed by atoms with van der Waals surface area (Å²) in [6.07, 6.45) is 3.60. The fraction of sp³-hybridized carbons (Fsp3) is 0.529. The Morgan fingerprint density at radius 3 is 2.88 bits per heavy atom. The zero-order chi connectivity index (χ0) is 17.1. The van der Waals surface area contributed by atoms with E-state index < -0.39 is 0 Å². The number of carbonyl (C=O) groups excluding carboxylic acids is 1. The molecule has 2 atom stereocenters. The van der Waals surface area contributed by atoms with E-state index in [0.717, 1.165) is 24.9 Å². The van der Waals surface area contributed by atoms with Crippen LogP contribution in [0.2, 0.25) is 0 Å². The summed E-state index contributed by atoms with van der Waals surface area (Å²) in [6, 6.07) is 3.78. The van der Waals surface area contributed by atoms with E-state index >= 15 is 0 Å². The highest BCUT2D eigenvalue weighted by atomic mass is 16.4. The predicted octanol–water partition coefficient (Wildman–Crippen LogP) is 2.49. The van der Waals surface area contributed by atoms with Crippen molar-refractivity contribution < 1.29 is 9.21 Å². The van der Waals surface area contributed by atoms with E-state index in [-0.39, 0.29) is 17.9 Å². The van der Waals surface area contributed by atoms with Crippen LogP contribution in [0.5, 0.6) is 0 Å². The molecule has 0 bridgehead atoms. The monoisotopic (exact) mass is 329 g/mol. The van der Waals surface area contributed by atoms with Gasteiger partial charge >= 0.3 is 0 Å². The second-order valence-corrected chi connectivity index (χ2v) is 6.38. The van der Waals surface area contributed by atoms with Crippen LogP contribution in [0.25, 0.3) is 0 Å². The summed E-state index contributed by atoms with van der Waals surface area (Å²) in [5, 5.41) is 10.9. The van der Waals surface area contributed by atoms with Crippen molar-refractivity contribution in [1.29, 1.82) is 0 Å². The molecule has 0 unspecified atom stereocenters. The zero-order valence-corrected chi connectivity index (χ0v) is 14.3. The summed E-state index contributed by atoms with van der Waals surface area (Å²) < 4.78 is 5.53. The number of hydrogen-bond acceptors (Lipinski definition) is 6. The number of amides is 1. The quantitative estimate of drug-likeness (QED) is 0.928. The van der Waals surface area contributed by atoms with Gasteiger partial charge in [-0.2, -0.15) is 0 Å². The van der Waals surface area contributed by atoms with Gasteiger partial charge < -0.3 is 9.73 Å². The number of aryl methyl sites for hydroxylation is 2. The van der Waals surface area contributed by atoms with Gasteiger partial charge in [0.25, 0.3) is 0 Å². The first-order valence-corrected chi connectivity index (χ1v) is 8.30. The summed E-state index contributed by atoms with van der Waals surface area (Å²) in [6.45, 7) is 7.40. The molecule has 0 radical (unpaired) electrons. The maximum atomic E-state index is 12.5. The van der Waals surface area contributed by atoms with Gasteiger partial charge in [0.2, 0.25) is 17.7 Å². The van der Waals surface area contributed by atoms with Crippen molar-refractivity contribution in [2.45, 2.75) is 39.7 Å². The van der Waals surface area contributed by atoms with Gasteiger partial charge in [0.05, 0.1) is 12.0 Å². The number of nitrogens with one attached hydrogen (secondary N) is 1. The molecular formula is C17H23N5O2. The molecule has 0 aliphatic carbocycles. The SMILES string of the molecule is Cc1ccc(NC(=O)[C@H]2CCCN([C@H](C)c3nnc(C)o3)C2)nc1. The van der Waals surface area contributed by atoms with Crippen LogP contribution in [-0.2, 0) is 4.79 Å². The van der Waals surface area contributed by atoms with Gasteiger partial charge in [-0.1, -0.05) is 6.07 Å². The molecule has 2 aromatic heterocycles. The van der Waals surface area contributed by atoms with E-state index in [0.29, 0.717) is 24.1 Å². The Labute approximate surface area is 141 Å². The van der Waals surface area contributed by atoms with Crippen molar-refractivity contribution in [3.05, 3.63) is 35.7 Å². The van der Waals surface area contributed by atoms with Crippen LogP contribution in [0, 0.1) is 19.8 Å².